The maximum absolute atomic E-state index is 11.8. The van der Waals surface area contributed by atoms with Gasteiger partial charge in [-0.15, -0.1) is 11.3 Å². The summed E-state index contributed by atoms with van der Waals surface area (Å²) in [5, 5.41) is 2.29. The molecule has 0 aromatic carbocycles. The van der Waals surface area contributed by atoms with Crippen LogP contribution in [-0.2, 0) is 0 Å². The molecule has 0 saturated heterocycles. The molecule has 2 aromatic rings. The minimum absolute atomic E-state index is 0.0816. The van der Waals surface area contributed by atoms with E-state index in [4.69, 9.17) is 16.0 Å². The van der Waals surface area contributed by atoms with Gasteiger partial charge in [-0.3, -0.25) is 4.79 Å². The molecule has 4 heteroatoms. The molecule has 0 bridgehead atoms. The molecule has 0 amide bonds. The minimum Gasteiger partial charge on any atom is -0.469 e. The van der Waals surface area contributed by atoms with Crippen LogP contribution in [0.3, 0.4) is 0 Å². The molecule has 2 rings (SSSR count). The maximum Gasteiger partial charge on any atom is 0.207 e. The van der Waals surface area contributed by atoms with E-state index in [2.05, 4.69) is 0 Å². The van der Waals surface area contributed by atoms with Crippen molar-refractivity contribution in [2.75, 3.05) is 0 Å². The number of halogens is 1. The minimum atomic E-state index is -0.0816. The predicted octanol–water partition coefficient (Wildman–Crippen LogP) is 3.53. The van der Waals surface area contributed by atoms with E-state index in [1.807, 2.05) is 0 Å². The Balaban J connectivity index is 2.38. The van der Waals surface area contributed by atoms with Crippen LogP contribution in [0.4, 0.5) is 0 Å². The molecule has 0 fully saturated rings. The fourth-order valence-electron chi connectivity index (χ4n) is 1.15. The van der Waals surface area contributed by atoms with Gasteiger partial charge in [0.2, 0.25) is 5.78 Å². The van der Waals surface area contributed by atoms with Crippen LogP contribution in [0.1, 0.15) is 21.0 Å². The number of aryl methyl sites for hydroxylation is 1. The van der Waals surface area contributed by atoms with E-state index in [1.54, 1.807) is 24.4 Å². The van der Waals surface area contributed by atoms with E-state index < -0.39 is 0 Å². The topological polar surface area (TPSA) is 30.2 Å². The van der Waals surface area contributed by atoms with Gasteiger partial charge >= 0.3 is 0 Å². The Bertz CT molecular complexity index is 470. The van der Waals surface area contributed by atoms with E-state index in [9.17, 15) is 4.79 Å². The molecule has 0 unspecified atom stereocenters. The number of rotatable bonds is 2. The van der Waals surface area contributed by atoms with Crippen molar-refractivity contribution in [2.45, 2.75) is 6.92 Å². The summed E-state index contributed by atoms with van der Waals surface area (Å²) in [5.74, 6) is 0.642. The first-order valence-electron chi connectivity index (χ1n) is 4.01. The first kappa shape index (κ1) is 9.49. The van der Waals surface area contributed by atoms with Crippen molar-refractivity contribution in [3.05, 3.63) is 45.0 Å². The summed E-state index contributed by atoms with van der Waals surface area (Å²) in [7, 11) is 0. The summed E-state index contributed by atoms with van der Waals surface area (Å²) in [4.78, 5) is 12.4. The van der Waals surface area contributed by atoms with Crippen molar-refractivity contribution in [2.24, 2.45) is 0 Å². The van der Waals surface area contributed by atoms with Gasteiger partial charge < -0.3 is 4.42 Å². The monoisotopic (exact) mass is 226 g/mol. The molecule has 0 atom stereocenters. The van der Waals surface area contributed by atoms with Crippen molar-refractivity contribution in [3.8, 4) is 0 Å². The van der Waals surface area contributed by atoms with Gasteiger partial charge in [0.1, 0.15) is 12.0 Å². The number of carbonyl (C=O) groups excluding carboxylic acids is 1. The standard InChI is InChI=1S/C10H7ClO2S/c1-6-4-7(5-13-6)9(12)10-8(11)2-3-14-10/h2-5H,1H3. The van der Waals surface area contributed by atoms with Crippen LogP contribution in [0.2, 0.25) is 5.02 Å². The number of ketones is 1. The predicted molar refractivity (Wildman–Crippen MR) is 56.2 cm³/mol. The zero-order valence-electron chi connectivity index (χ0n) is 7.41. The summed E-state index contributed by atoms with van der Waals surface area (Å²) in [5.41, 5.74) is 0.548. The Morgan fingerprint density at radius 2 is 2.36 bits per heavy atom. The lowest BCUT2D eigenvalue weighted by Gasteiger charge is -1.92. The highest BCUT2D eigenvalue weighted by molar-refractivity contribution is 7.13. The van der Waals surface area contributed by atoms with Gasteiger partial charge in [-0.05, 0) is 24.4 Å². The third kappa shape index (κ3) is 1.61. The fourth-order valence-corrected chi connectivity index (χ4v) is 2.25. The second-order valence-corrected chi connectivity index (χ2v) is 4.20. The SMILES string of the molecule is Cc1cc(C(=O)c2sccc2Cl)co1. The second-order valence-electron chi connectivity index (χ2n) is 2.87. The zero-order chi connectivity index (χ0) is 10.1. The summed E-state index contributed by atoms with van der Waals surface area (Å²) in [6, 6.07) is 3.42. The third-order valence-electron chi connectivity index (χ3n) is 1.82. The van der Waals surface area contributed by atoms with Crippen molar-refractivity contribution in [3.63, 3.8) is 0 Å². The van der Waals surface area contributed by atoms with Gasteiger partial charge in [-0.2, -0.15) is 0 Å². The molecular weight excluding hydrogens is 220 g/mol. The molecule has 2 aromatic heterocycles. The lowest BCUT2D eigenvalue weighted by Crippen LogP contribution is -1.96. The van der Waals surface area contributed by atoms with Crippen molar-refractivity contribution < 1.29 is 9.21 Å². The average molecular weight is 227 g/mol. The highest BCUT2D eigenvalue weighted by atomic mass is 35.5. The van der Waals surface area contributed by atoms with Gasteiger partial charge in [0.05, 0.1) is 15.5 Å². The summed E-state index contributed by atoms with van der Waals surface area (Å²) < 4.78 is 5.06. The molecule has 0 spiro atoms. The fraction of sp³-hybridized carbons (Fsp3) is 0.100. The van der Waals surface area contributed by atoms with Crippen molar-refractivity contribution >= 4 is 28.7 Å². The number of hydrogen-bond acceptors (Lipinski definition) is 3. The van der Waals surface area contributed by atoms with Crippen LogP contribution in [0.25, 0.3) is 0 Å². The van der Waals surface area contributed by atoms with E-state index in [0.717, 1.165) is 5.76 Å². The molecule has 2 heterocycles. The molecule has 0 aliphatic rings. The average Bonchev–Trinajstić information content (AvgIpc) is 2.73. The molecular formula is C10H7ClO2S. The Kier molecular flexibility index (Phi) is 2.44. The molecule has 14 heavy (non-hydrogen) atoms. The lowest BCUT2D eigenvalue weighted by atomic mass is 10.2. The quantitative estimate of drug-likeness (QED) is 0.734. The molecule has 0 radical (unpaired) electrons. The van der Waals surface area contributed by atoms with E-state index >= 15 is 0 Å². The zero-order valence-corrected chi connectivity index (χ0v) is 8.98. The molecule has 0 saturated carbocycles. The summed E-state index contributed by atoms with van der Waals surface area (Å²) in [6.07, 6.45) is 1.45. The van der Waals surface area contributed by atoms with E-state index in [-0.39, 0.29) is 5.78 Å². The van der Waals surface area contributed by atoms with Gasteiger partial charge in [0.25, 0.3) is 0 Å². The second kappa shape index (κ2) is 3.59. The number of thiophene rings is 1. The largest absolute Gasteiger partial charge is 0.469 e. The van der Waals surface area contributed by atoms with Crippen LogP contribution < -0.4 is 0 Å². The Labute approximate surface area is 90.1 Å². The lowest BCUT2D eigenvalue weighted by molar-refractivity contribution is 0.104. The Hall–Kier alpha value is -1.06. The van der Waals surface area contributed by atoms with Crippen LogP contribution in [0.5, 0.6) is 0 Å². The van der Waals surface area contributed by atoms with Crippen LogP contribution in [0.15, 0.2) is 28.2 Å². The van der Waals surface area contributed by atoms with Gasteiger partial charge in [0.15, 0.2) is 0 Å². The molecule has 0 N–H and O–H groups in total. The molecule has 0 aliphatic heterocycles. The Morgan fingerprint density at radius 1 is 1.57 bits per heavy atom. The van der Waals surface area contributed by atoms with Crippen LogP contribution in [0, 0.1) is 6.92 Å². The van der Waals surface area contributed by atoms with Crippen molar-refractivity contribution in [1.29, 1.82) is 0 Å². The summed E-state index contributed by atoms with van der Waals surface area (Å²) in [6.45, 7) is 1.80. The smallest absolute Gasteiger partial charge is 0.207 e. The third-order valence-corrected chi connectivity index (χ3v) is 3.16. The van der Waals surface area contributed by atoms with Crippen LogP contribution >= 0.6 is 22.9 Å². The summed E-state index contributed by atoms with van der Waals surface area (Å²) >= 11 is 7.19. The van der Waals surface area contributed by atoms with Crippen molar-refractivity contribution in [1.82, 2.24) is 0 Å². The van der Waals surface area contributed by atoms with Gasteiger partial charge in [-0.1, -0.05) is 11.6 Å². The highest BCUT2D eigenvalue weighted by Gasteiger charge is 2.15. The van der Waals surface area contributed by atoms with Gasteiger partial charge in [-0.25, -0.2) is 0 Å². The Morgan fingerprint density at radius 3 is 2.86 bits per heavy atom. The molecule has 0 aliphatic carbocycles. The number of furan rings is 1. The van der Waals surface area contributed by atoms with E-state index in [0.29, 0.717) is 15.5 Å². The first-order valence-corrected chi connectivity index (χ1v) is 5.27. The number of hydrogen-bond donors (Lipinski definition) is 0. The highest BCUT2D eigenvalue weighted by Crippen LogP contribution is 2.25. The van der Waals surface area contributed by atoms with E-state index in [1.165, 1.54) is 17.6 Å². The molecule has 72 valence electrons. The van der Waals surface area contributed by atoms with Crippen LogP contribution in [-0.4, -0.2) is 5.78 Å². The normalized spacial score (nSPS) is 10.4. The first-order chi connectivity index (χ1) is 6.68. The van der Waals surface area contributed by atoms with Gasteiger partial charge in [0, 0.05) is 0 Å². The maximum atomic E-state index is 11.8. The molecule has 2 nitrogen and oxygen atoms in total. The number of carbonyl (C=O) groups is 1.